The van der Waals surface area contributed by atoms with E-state index < -0.39 is 0 Å². The molecule has 0 amide bonds. The molecular weight excluding hydrogens is 263 g/mol. The topological polar surface area (TPSA) is 29.3 Å². The molecule has 0 aliphatic carbocycles. The minimum Gasteiger partial charge on any atom is -0.326 e. The second kappa shape index (κ2) is 5.78. The molecule has 2 nitrogen and oxygen atoms in total. The number of hydrogen-bond donors (Lipinski definition) is 1. The quantitative estimate of drug-likeness (QED) is 0.920. The van der Waals surface area contributed by atoms with E-state index in [1.54, 1.807) is 6.07 Å². The fourth-order valence-corrected chi connectivity index (χ4v) is 2.92. The Hall–Kier alpha value is -0.640. The molecule has 1 aromatic rings. The van der Waals surface area contributed by atoms with Gasteiger partial charge in [-0.15, -0.1) is 0 Å². The second-order valence-electron chi connectivity index (χ2n) is 5.87. The fourth-order valence-electron chi connectivity index (χ4n) is 2.72. The van der Waals surface area contributed by atoms with Crippen molar-refractivity contribution >= 4 is 11.6 Å². The summed E-state index contributed by atoms with van der Waals surface area (Å²) < 4.78 is 13.4. The van der Waals surface area contributed by atoms with Crippen LogP contribution in [0.4, 0.5) is 4.39 Å². The minimum atomic E-state index is -0.370. The maximum atomic E-state index is 13.4. The molecule has 1 aliphatic heterocycles. The molecule has 4 heteroatoms. The third-order valence-corrected chi connectivity index (χ3v) is 4.72. The van der Waals surface area contributed by atoms with E-state index in [9.17, 15) is 4.39 Å². The first-order valence-electron chi connectivity index (χ1n) is 6.86. The van der Waals surface area contributed by atoms with E-state index in [2.05, 4.69) is 18.7 Å². The first-order valence-corrected chi connectivity index (χ1v) is 7.24. The number of benzene rings is 1. The lowest BCUT2D eigenvalue weighted by Gasteiger charge is -2.40. The molecule has 1 saturated heterocycles. The van der Waals surface area contributed by atoms with Crippen molar-refractivity contribution in [1.82, 2.24) is 4.90 Å². The van der Waals surface area contributed by atoms with Crippen molar-refractivity contribution in [1.29, 1.82) is 0 Å². The summed E-state index contributed by atoms with van der Waals surface area (Å²) in [5, 5.41) is 0.204. The van der Waals surface area contributed by atoms with Crippen molar-refractivity contribution in [3.05, 3.63) is 34.6 Å². The summed E-state index contributed by atoms with van der Waals surface area (Å²) in [6.45, 7) is 6.52. The Morgan fingerprint density at radius 2 is 2.00 bits per heavy atom. The van der Waals surface area contributed by atoms with Crippen molar-refractivity contribution in [2.24, 2.45) is 5.73 Å². The molecule has 1 atom stereocenters. The first-order chi connectivity index (χ1) is 8.93. The molecular formula is C15H22ClFN2. The van der Waals surface area contributed by atoms with Crippen LogP contribution in [-0.2, 0) is 6.42 Å². The number of hydrogen-bond acceptors (Lipinski definition) is 2. The number of rotatable bonds is 4. The molecule has 1 aliphatic rings. The van der Waals surface area contributed by atoms with Gasteiger partial charge in [0.2, 0.25) is 0 Å². The molecule has 0 saturated carbocycles. The molecule has 2 N–H and O–H groups in total. The summed E-state index contributed by atoms with van der Waals surface area (Å²) in [6.07, 6.45) is 3.06. The largest absolute Gasteiger partial charge is 0.326 e. The van der Waals surface area contributed by atoms with Gasteiger partial charge in [-0.2, -0.15) is 0 Å². The van der Waals surface area contributed by atoms with Gasteiger partial charge in [0.1, 0.15) is 5.82 Å². The van der Waals surface area contributed by atoms with Crippen molar-refractivity contribution in [3.8, 4) is 0 Å². The number of nitrogens with two attached hydrogens (primary N) is 1. The predicted molar refractivity (Wildman–Crippen MR) is 78.0 cm³/mol. The van der Waals surface area contributed by atoms with Crippen LogP contribution in [0.1, 0.15) is 32.3 Å². The maximum absolute atomic E-state index is 13.4. The van der Waals surface area contributed by atoms with E-state index in [4.69, 9.17) is 17.3 Å². The van der Waals surface area contributed by atoms with Crippen LogP contribution in [0.5, 0.6) is 0 Å². The van der Waals surface area contributed by atoms with Gasteiger partial charge >= 0.3 is 0 Å². The van der Waals surface area contributed by atoms with Crippen LogP contribution < -0.4 is 5.73 Å². The van der Waals surface area contributed by atoms with E-state index in [0.717, 1.165) is 18.7 Å². The molecule has 2 rings (SSSR count). The van der Waals surface area contributed by atoms with E-state index >= 15 is 0 Å². The third kappa shape index (κ3) is 3.10. The molecule has 1 heterocycles. The Labute approximate surface area is 119 Å². The Bertz CT molecular complexity index is 442. The molecule has 106 valence electrons. The van der Waals surface area contributed by atoms with Crippen LogP contribution in [0.3, 0.4) is 0 Å². The predicted octanol–water partition coefficient (Wildman–Crippen LogP) is 3.22. The van der Waals surface area contributed by atoms with Crippen LogP contribution in [0.25, 0.3) is 0 Å². The summed E-state index contributed by atoms with van der Waals surface area (Å²) in [7, 11) is 0. The van der Waals surface area contributed by atoms with Gasteiger partial charge in [-0.05, 0) is 57.8 Å². The molecule has 1 unspecified atom stereocenters. The molecule has 1 aromatic carbocycles. The summed E-state index contributed by atoms with van der Waals surface area (Å²) in [5.41, 5.74) is 7.06. The summed E-state index contributed by atoms with van der Waals surface area (Å²) in [6, 6.07) is 4.85. The monoisotopic (exact) mass is 284 g/mol. The molecule has 0 aromatic heterocycles. The standard InChI is InChI=1S/C15H22ClFN2/c1-15(2,19-8-3-4-9-19)13(18)10-11-6-5-7-12(17)14(11)16/h5-7,13H,3-4,8-10,18H2,1-2H3. The highest BCUT2D eigenvalue weighted by Crippen LogP contribution is 2.27. The molecule has 0 bridgehead atoms. The zero-order valence-electron chi connectivity index (χ0n) is 11.6. The normalized spacial score (nSPS) is 18.8. The Morgan fingerprint density at radius 1 is 1.37 bits per heavy atom. The summed E-state index contributed by atoms with van der Waals surface area (Å²) >= 11 is 6.00. The Balaban J connectivity index is 2.11. The smallest absolute Gasteiger partial charge is 0.142 e. The lowest BCUT2D eigenvalue weighted by molar-refractivity contribution is 0.123. The molecule has 0 spiro atoms. The number of likely N-dealkylation sites (tertiary alicyclic amines) is 1. The van der Waals surface area contributed by atoms with Gasteiger partial charge in [-0.1, -0.05) is 23.7 Å². The lowest BCUT2D eigenvalue weighted by atomic mass is 9.88. The van der Waals surface area contributed by atoms with Crippen molar-refractivity contribution in [2.75, 3.05) is 13.1 Å². The van der Waals surface area contributed by atoms with Crippen molar-refractivity contribution in [3.63, 3.8) is 0 Å². The highest BCUT2D eigenvalue weighted by molar-refractivity contribution is 6.31. The van der Waals surface area contributed by atoms with Gasteiger partial charge in [0.15, 0.2) is 0 Å². The van der Waals surface area contributed by atoms with Gasteiger partial charge in [0, 0.05) is 11.6 Å². The Morgan fingerprint density at radius 3 is 2.63 bits per heavy atom. The van der Waals surface area contributed by atoms with Gasteiger partial charge in [-0.25, -0.2) is 4.39 Å². The number of nitrogens with zero attached hydrogens (tertiary/aromatic N) is 1. The van der Waals surface area contributed by atoms with Gasteiger partial charge in [0.25, 0.3) is 0 Å². The van der Waals surface area contributed by atoms with Crippen LogP contribution >= 0.6 is 11.6 Å². The van der Waals surface area contributed by atoms with Crippen LogP contribution in [0.2, 0.25) is 5.02 Å². The number of halogens is 2. The van der Waals surface area contributed by atoms with Gasteiger partial charge < -0.3 is 5.73 Å². The molecule has 0 radical (unpaired) electrons. The van der Waals surface area contributed by atoms with Gasteiger partial charge in [0.05, 0.1) is 5.02 Å². The van der Waals surface area contributed by atoms with Crippen molar-refractivity contribution in [2.45, 2.75) is 44.7 Å². The van der Waals surface area contributed by atoms with E-state index in [-0.39, 0.29) is 22.4 Å². The average Bonchev–Trinajstić information content (AvgIpc) is 2.89. The van der Waals surface area contributed by atoms with E-state index in [0.29, 0.717) is 6.42 Å². The van der Waals surface area contributed by atoms with E-state index in [1.807, 2.05) is 6.07 Å². The summed E-state index contributed by atoms with van der Waals surface area (Å²) in [5.74, 6) is -0.370. The maximum Gasteiger partial charge on any atom is 0.142 e. The average molecular weight is 285 g/mol. The highest BCUT2D eigenvalue weighted by atomic mass is 35.5. The zero-order chi connectivity index (χ0) is 14.0. The van der Waals surface area contributed by atoms with Crippen LogP contribution in [-0.4, -0.2) is 29.6 Å². The SMILES string of the molecule is CC(C)(C(N)Cc1cccc(F)c1Cl)N1CCCC1. The van der Waals surface area contributed by atoms with E-state index in [1.165, 1.54) is 18.9 Å². The zero-order valence-corrected chi connectivity index (χ0v) is 12.4. The third-order valence-electron chi connectivity index (χ3n) is 4.30. The summed E-state index contributed by atoms with van der Waals surface area (Å²) in [4.78, 5) is 2.42. The molecule has 19 heavy (non-hydrogen) atoms. The molecule has 1 fully saturated rings. The van der Waals surface area contributed by atoms with Crippen LogP contribution in [0.15, 0.2) is 18.2 Å². The minimum absolute atomic E-state index is 0.0649. The Kier molecular flexibility index (Phi) is 4.49. The first kappa shape index (κ1) is 14.8. The van der Waals surface area contributed by atoms with Crippen molar-refractivity contribution < 1.29 is 4.39 Å². The fraction of sp³-hybridized carbons (Fsp3) is 0.600. The van der Waals surface area contributed by atoms with Crippen LogP contribution in [0, 0.1) is 5.82 Å². The lowest BCUT2D eigenvalue weighted by Crippen LogP contribution is -2.56. The second-order valence-corrected chi connectivity index (χ2v) is 6.25. The van der Waals surface area contributed by atoms with Gasteiger partial charge in [-0.3, -0.25) is 4.90 Å². The highest BCUT2D eigenvalue weighted by Gasteiger charge is 2.34.